The van der Waals surface area contributed by atoms with Gasteiger partial charge < -0.3 is 14.4 Å². The van der Waals surface area contributed by atoms with Crippen LogP contribution in [0.2, 0.25) is 0 Å². The third-order valence-corrected chi connectivity index (χ3v) is 5.78. The third-order valence-electron chi connectivity index (χ3n) is 5.78. The maximum atomic E-state index is 15.4. The molecule has 7 nitrogen and oxygen atoms in total. The molecular weight excluding hydrogens is 470 g/mol. The summed E-state index contributed by atoms with van der Waals surface area (Å²) in [4.78, 5) is 26.1. The smallest absolute Gasteiger partial charge is 0.435 e. The lowest BCUT2D eigenvalue weighted by Gasteiger charge is -2.23. The summed E-state index contributed by atoms with van der Waals surface area (Å²) in [5, 5.41) is 3.72. The number of hydrogen-bond acceptors (Lipinski definition) is 6. The van der Waals surface area contributed by atoms with Crippen molar-refractivity contribution in [1.29, 1.82) is 0 Å². The van der Waals surface area contributed by atoms with Crippen LogP contribution in [0.1, 0.15) is 29.8 Å². The van der Waals surface area contributed by atoms with Gasteiger partial charge in [0.25, 0.3) is 0 Å². The van der Waals surface area contributed by atoms with E-state index < -0.39 is 29.6 Å². The van der Waals surface area contributed by atoms with Crippen molar-refractivity contribution in [2.45, 2.75) is 31.9 Å². The Morgan fingerprint density at radius 3 is 2.40 bits per heavy atom. The highest BCUT2D eigenvalue weighted by molar-refractivity contribution is 6.05. The summed E-state index contributed by atoms with van der Waals surface area (Å²) in [5.74, 6) is -2.54. The Morgan fingerprint density at radius 2 is 1.74 bits per heavy atom. The number of allylic oxidation sites excluding steroid dienone is 2. The van der Waals surface area contributed by atoms with E-state index in [9.17, 15) is 22.8 Å². The minimum Gasteiger partial charge on any atom is -0.465 e. The van der Waals surface area contributed by atoms with Crippen LogP contribution in [-0.2, 0) is 38.1 Å². The lowest BCUT2D eigenvalue weighted by molar-refractivity contribution is -0.142. The summed E-state index contributed by atoms with van der Waals surface area (Å²) < 4.78 is 66.6. The number of carbonyl (C=O) groups excluding carboxylic acids is 2. The fraction of sp³-hybridized carbons (Fsp3) is 0.292. The molecule has 4 rings (SSSR count). The number of halogens is 4. The normalized spacial score (nSPS) is 15.7. The highest BCUT2D eigenvalue weighted by atomic mass is 19.4. The molecule has 0 bridgehead atoms. The second-order valence-corrected chi connectivity index (χ2v) is 7.84. The van der Waals surface area contributed by atoms with Gasteiger partial charge in [-0.15, -0.1) is 0 Å². The molecule has 0 saturated carbocycles. The zero-order valence-electron chi connectivity index (χ0n) is 18.9. The molecule has 2 aliphatic rings. The zero-order valence-corrected chi connectivity index (χ0v) is 18.9. The monoisotopic (exact) mass is 491 g/mol. The summed E-state index contributed by atoms with van der Waals surface area (Å²) in [6.07, 6.45) is 2.97. The second kappa shape index (κ2) is 9.40. The number of aromatic nitrogens is 2. The molecule has 1 aliphatic heterocycles. The van der Waals surface area contributed by atoms with Gasteiger partial charge in [0.2, 0.25) is 0 Å². The topological polar surface area (TPSA) is 73.7 Å². The van der Waals surface area contributed by atoms with Gasteiger partial charge in [0.15, 0.2) is 11.5 Å². The molecule has 0 amide bonds. The molecule has 0 fully saturated rings. The Morgan fingerprint density at radius 1 is 1.03 bits per heavy atom. The maximum Gasteiger partial charge on any atom is 0.435 e. The third kappa shape index (κ3) is 4.45. The van der Waals surface area contributed by atoms with E-state index in [0.29, 0.717) is 25.0 Å². The maximum absolute atomic E-state index is 15.4. The average molecular weight is 491 g/mol. The number of methoxy groups -OCH3 is 2. The number of anilines is 1. The largest absolute Gasteiger partial charge is 0.465 e. The van der Waals surface area contributed by atoms with Crippen molar-refractivity contribution < 1.29 is 36.6 Å². The van der Waals surface area contributed by atoms with Crippen molar-refractivity contribution >= 4 is 17.6 Å². The minimum absolute atomic E-state index is 0.0902. The highest BCUT2D eigenvalue weighted by Gasteiger charge is 2.40. The number of rotatable bonds is 4. The van der Waals surface area contributed by atoms with Crippen LogP contribution in [-0.4, -0.2) is 35.9 Å². The van der Waals surface area contributed by atoms with Gasteiger partial charge in [-0.1, -0.05) is 6.08 Å². The average Bonchev–Trinajstić information content (AvgIpc) is 3.09. The SMILES string of the molecule is COC(=O)C1=C(C(=O)OC)N(c2ccc(-n3nc(C(F)(F)F)c4c3CCCC4)c(F)c2)C=CC=C1. The summed E-state index contributed by atoms with van der Waals surface area (Å²) in [6.45, 7) is 0. The van der Waals surface area contributed by atoms with Crippen molar-refractivity contribution in [3.05, 3.63) is 76.7 Å². The Hall–Kier alpha value is -3.89. The second-order valence-electron chi connectivity index (χ2n) is 7.84. The number of hydrogen-bond donors (Lipinski definition) is 0. The van der Waals surface area contributed by atoms with E-state index in [1.165, 1.54) is 41.5 Å². The van der Waals surface area contributed by atoms with Crippen LogP contribution in [0, 0.1) is 5.82 Å². The first-order valence-corrected chi connectivity index (χ1v) is 10.7. The predicted molar refractivity (Wildman–Crippen MR) is 117 cm³/mol. The van der Waals surface area contributed by atoms with Crippen molar-refractivity contribution in [3.63, 3.8) is 0 Å². The molecule has 1 aliphatic carbocycles. The van der Waals surface area contributed by atoms with Crippen molar-refractivity contribution in [2.24, 2.45) is 0 Å². The van der Waals surface area contributed by atoms with Crippen LogP contribution in [0.5, 0.6) is 0 Å². The van der Waals surface area contributed by atoms with Crippen LogP contribution in [0.4, 0.5) is 23.2 Å². The molecule has 35 heavy (non-hydrogen) atoms. The Balaban J connectivity index is 1.82. The van der Waals surface area contributed by atoms with Crippen molar-refractivity contribution in [3.8, 4) is 5.69 Å². The molecule has 0 saturated heterocycles. The summed E-state index contributed by atoms with van der Waals surface area (Å²) >= 11 is 0. The number of benzene rings is 1. The molecule has 2 heterocycles. The van der Waals surface area contributed by atoms with E-state index in [-0.39, 0.29) is 34.6 Å². The molecule has 1 aromatic heterocycles. The summed E-state index contributed by atoms with van der Waals surface area (Å²) in [5.41, 5.74) is -0.946. The number of nitrogens with zero attached hydrogens (tertiary/aromatic N) is 3. The Kier molecular flexibility index (Phi) is 6.51. The molecule has 0 radical (unpaired) electrons. The zero-order chi connectivity index (χ0) is 25.3. The lowest BCUT2D eigenvalue weighted by atomic mass is 9.95. The van der Waals surface area contributed by atoms with E-state index in [0.717, 1.165) is 25.0 Å². The fourth-order valence-electron chi connectivity index (χ4n) is 4.21. The number of fused-ring (bicyclic) bond motifs is 1. The van der Waals surface area contributed by atoms with Crippen molar-refractivity contribution in [2.75, 3.05) is 19.1 Å². The van der Waals surface area contributed by atoms with E-state index in [4.69, 9.17) is 9.47 Å². The van der Waals surface area contributed by atoms with Gasteiger partial charge in [0.05, 0.1) is 19.8 Å². The highest BCUT2D eigenvalue weighted by Crippen LogP contribution is 2.37. The van der Waals surface area contributed by atoms with Crippen molar-refractivity contribution in [1.82, 2.24) is 9.78 Å². The Labute approximate surface area is 197 Å². The van der Waals surface area contributed by atoms with Crippen LogP contribution in [0.15, 0.2) is 53.9 Å². The molecule has 2 aromatic rings. The first kappa shape index (κ1) is 24.2. The van der Waals surface area contributed by atoms with Gasteiger partial charge in [-0.2, -0.15) is 18.3 Å². The fourth-order valence-corrected chi connectivity index (χ4v) is 4.21. The minimum atomic E-state index is -4.66. The quantitative estimate of drug-likeness (QED) is 0.467. The number of alkyl halides is 3. The van der Waals surface area contributed by atoms with Crippen LogP contribution < -0.4 is 4.90 Å². The molecule has 1 aromatic carbocycles. The summed E-state index contributed by atoms with van der Waals surface area (Å²) in [7, 11) is 2.28. The molecule has 11 heteroatoms. The number of ether oxygens (including phenoxy) is 2. The first-order valence-electron chi connectivity index (χ1n) is 10.7. The predicted octanol–water partition coefficient (Wildman–Crippen LogP) is 4.40. The van der Waals surface area contributed by atoms with Gasteiger partial charge in [-0.05, 0) is 50.0 Å². The Bertz CT molecular complexity index is 1270. The van der Waals surface area contributed by atoms with Crippen LogP contribution in [0.3, 0.4) is 0 Å². The van der Waals surface area contributed by atoms with E-state index >= 15 is 4.39 Å². The van der Waals surface area contributed by atoms with Gasteiger partial charge in [0.1, 0.15) is 11.4 Å². The van der Waals surface area contributed by atoms with Gasteiger partial charge >= 0.3 is 18.1 Å². The molecule has 0 atom stereocenters. The van der Waals surface area contributed by atoms with Gasteiger partial charge in [-0.25, -0.2) is 18.7 Å². The van der Waals surface area contributed by atoms with E-state index in [1.807, 2.05) is 0 Å². The number of esters is 2. The van der Waals surface area contributed by atoms with Crippen LogP contribution >= 0.6 is 0 Å². The van der Waals surface area contributed by atoms with Gasteiger partial charge in [0, 0.05) is 29.2 Å². The van der Waals surface area contributed by atoms with Gasteiger partial charge in [-0.3, -0.25) is 0 Å². The summed E-state index contributed by atoms with van der Waals surface area (Å²) in [6, 6.07) is 3.74. The number of carbonyl (C=O) groups is 2. The molecular formula is C24H21F4N3O4. The molecule has 184 valence electrons. The van der Waals surface area contributed by atoms with E-state index in [1.54, 1.807) is 0 Å². The first-order chi connectivity index (χ1) is 16.7. The lowest BCUT2D eigenvalue weighted by Crippen LogP contribution is -2.27. The molecule has 0 unspecified atom stereocenters. The van der Waals surface area contributed by atoms with Crippen LogP contribution in [0.25, 0.3) is 5.69 Å². The molecule has 0 N–H and O–H groups in total. The standard InChI is InChI=1S/C24H21F4N3O4/c1-34-22(32)16-8-5-6-12-30(20(16)23(33)35-2)14-10-11-19(17(25)13-14)31-18-9-4-3-7-15(18)21(29-31)24(26,27)28/h5-6,8,10-13H,3-4,7,9H2,1-2H3. The van der Waals surface area contributed by atoms with E-state index in [2.05, 4.69) is 5.10 Å². The molecule has 0 spiro atoms.